The van der Waals surface area contributed by atoms with E-state index in [1.54, 1.807) is 23.5 Å². The largest absolute Gasteiger partial charge is 0.488 e. The van der Waals surface area contributed by atoms with Crippen LogP contribution in [0.25, 0.3) is 22.6 Å². The van der Waals surface area contributed by atoms with E-state index in [0.29, 0.717) is 16.3 Å². The molecule has 4 aromatic rings. The number of carbonyl (C=O) groups is 1. The number of pyridine rings is 1. The predicted molar refractivity (Wildman–Crippen MR) is 129 cm³/mol. The number of ether oxygens (including phenoxy) is 2. The zero-order valence-corrected chi connectivity index (χ0v) is 18.8. The SMILES string of the molecule is O=C(OCCOc1ccccc1Cl)c1c2c(nc3ccccc13)C(=Cc1cccs1)CC2. The van der Waals surface area contributed by atoms with Crippen LogP contribution in [-0.2, 0) is 11.2 Å². The van der Waals surface area contributed by atoms with Crippen LogP contribution in [0.5, 0.6) is 5.75 Å². The Kier molecular flexibility index (Phi) is 5.93. The lowest BCUT2D eigenvalue weighted by Crippen LogP contribution is -2.15. The van der Waals surface area contributed by atoms with Gasteiger partial charge in [-0.25, -0.2) is 9.78 Å². The van der Waals surface area contributed by atoms with E-state index in [4.69, 9.17) is 26.1 Å². The van der Waals surface area contributed by atoms with Crippen LogP contribution in [0.1, 0.15) is 32.9 Å². The van der Waals surface area contributed by atoms with Gasteiger partial charge < -0.3 is 9.47 Å². The van der Waals surface area contributed by atoms with Gasteiger partial charge in [0.1, 0.15) is 19.0 Å². The summed E-state index contributed by atoms with van der Waals surface area (Å²) in [6.07, 6.45) is 3.79. The van der Waals surface area contributed by atoms with Gasteiger partial charge in [0.25, 0.3) is 0 Å². The number of hydrogen-bond donors (Lipinski definition) is 0. The average molecular weight is 462 g/mol. The first-order chi connectivity index (χ1) is 15.7. The minimum absolute atomic E-state index is 0.132. The Bertz CT molecular complexity index is 1310. The van der Waals surface area contributed by atoms with Crippen molar-refractivity contribution < 1.29 is 14.3 Å². The maximum Gasteiger partial charge on any atom is 0.339 e. The van der Waals surface area contributed by atoms with Crippen LogP contribution in [-0.4, -0.2) is 24.2 Å². The van der Waals surface area contributed by atoms with Crippen LogP contribution >= 0.6 is 22.9 Å². The van der Waals surface area contributed by atoms with Gasteiger partial charge in [-0.2, -0.15) is 0 Å². The fourth-order valence-electron chi connectivity index (χ4n) is 3.98. The number of nitrogens with zero attached hydrogens (tertiary/aromatic N) is 1. The molecule has 0 aliphatic heterocycles. The number of aromatic nitrogens is 1. The summed E-state index contributed by atoms with van der Waals surface area (Å²) in [5.41, 5.74) is 4.42. The summed E-state index contributed by atoms with van der Waals surface area (Å²) in [6.45, 7) is 0.359. The number of carbonyl (C=O) groups excluding carboxylic acids is 1. The quantitative estimate of drug-likeness (QED) is 0.237. The summed E-state index contributed by atoms with van der Waals surface area (Å²) in [5, 5.41) is 3.41. The van der Waals surface area contributed by atoms with Gasteiger partial charge in [0, 0.05) is 10.3 Å². The smallest absolute Gasteiger partial charge is 0.339 e. The molecule has 5 rings (SSSR count). The molecule has 0 saturated carbocycles. The Balaban J connectivity index is 1.41. The number of halogens is 1. The summed E-state index contributed by atoms with van der Waals surface area (Å²) >= 11 is 7.80. The third-order valence-electron chi connectivity index (χ3n) is 5.42. The van der Waals surface area contributed by atoms with Crippen LogP contribution in [0.2, 0.25) is 5.02 Å². The molecule has 0 radical (unpaired) electrons. The number of esters is 1. The molecule has 32 heavy (non-hydrogen) atoms. The van der Waals surface area contributed by atoms with Gasteiger partial charge in [0.05, 0.1) is 21.8 Å². The molecule has 2 aromatic heterocycles. The Labute approximate surface area is 195 Å². The van der Waals surface area contributed by atoms with Crippen molar-refractivity contribution in [1.29, 1.82) is 0 Å². The Morgan fingerprint density at radius 1 is 1.03 bits per heavy atom. The van der Waals surface area contributed by atoms with E-state index in [9.17, 15) is 4.79 Å². The maximum atomic E-state index is 13.2. The average Bonchev–Trinajstić information content (AvgIpc) is 3.46. The second kappa shape index (κ2) is 9.15. The van der Waals surface area contributed by atoms with Crippen molar-refractivity contribution >= 4 is 51.5 Å². The van der Waals surface area contributed by atoms with E-state index in [0.717, 1.165) is 40.6 Å². The van der Waals surface area contributed by atoms with Crippen molar-refractivity contribution in [2.75, 3.05) is 13.2 Å². The van der Waals surface area contributed by atoms with E-state index >= 15 is 0 Å². The molecular weight excluding hydrogens is 442 g/mol. The first-order valence-corrected chi connectivity index (χ1v) is 11.7. The van der Waals surface area contributed by atoms with Crippen LogP contribution < -0.4 is 4.74 Å². The number of fused-ring (bicyclic) bond motifs is 2. The first-order valence-electron chi connectivity index (χ1n) is 10.4. The fraction of sp³-hybridized carbons (Fsp3) is 0.154. The molecule has 4 nitrogen and oxygen atoms in total. The van der Waals surface area contributed by atoms with Crippen molar-refractivity contribution in [2.45, 2.75) is 12.8 Å². The zero-order valence-electron chi connectivity index (χ0n) is 17.2. The van der Waals surface area contributed by atoms with Crippen LogP contribution in [0, 0.1) is 0 Å². The molecule has 6 heteroatoms. The Morgan fingerprint density at radius 2 is 1.88 bits per heavy atom. The highest BCUT2D eigenvalue weighted by Gasteiger charge is 2.27. The maximum absolute atomic E-state index is 13.2. The molecule has 0 amide bonds. The second-order valence-electron chi connectivity index (χ2n) is 7.43. The molecular formula is C26H20ClNO3S. The molecule has 0 bridgehead atoms. The molecule has 2 heterocycles. The molecule has 1 aliphatic carbocycles. The van der Waals surface area contributed by atoms with E-state index < -0.39 is 0 Å². The molecule has 2 aromatic carbocycles. The molecule has 0 unspecified atom stereocenters. The van der Waals surface area contributed by atoms with Crippen molar-refractivity contribution in [3.63, 3.8) is 0 Å². The fourth-order valence-corrected chi connectivity index (χ4v) is 4.85. The summed E-state index contributed by atoms with van der Waals surface area (Å²) in [6, 6.07) is 19.1. The van der Waals surface area contributed by atoms with E-state index in [1.165, 1.54) is 4.88 Å². The number of rotatable bonds is 6. The lowest BCUT2D eigenvalue weighted by atomic mass is 10.0. The Morgan fingerprint density at radius 3 is 2.72 bits per heavy atom. The summed E-state index contributed by atoms with van der Waals surface area (Å²) in [5.74, 6) is 0.226. The highest BCUT2D eigenvalue weighted by molar-refractivity contribution is 7.10. The van der Waals surface area contributed by atoms with Gasteiger partial charge >= 0.3 is 5.97 Å². The molecule has 1 aliphatic rings. The minimum atomic E-state index is -0.347. The molecule has 0 spiro atoms. The Hall–Kier alpha value is -3.15. The van der Waals surface area contributed by atoms with Crippen molar-refractivity contribution in [3.8, 4) is 5.75 Å². The standard InChI is InChI=1S/C26H20ClNO3S/c27-21-8-2-4-10-23(21)30-13-14-31-26(29)24-19-7-1-3-9-22(19)28-25-17(11-12-20(24)25)16-18-6-5-15-32-18/h1-10,15-16H,11-14H2. The van der Waals surface area contributed by atoms with E-state index in [1.807, 2.05) is 42.5 Å². The van der Waals surface area contributed by atoms with Gasteiger partial charge in [0.2, 0.25) is 0 Å². The molecule has 0 atom stereocenters. The second-order valence-corrected chi connectivity index (χ2v) is 8.82. The first kappa shape index (κ1) is 20.7. The van der Waals surface area contributed by atoms with Gasteiger partial charge in [-0.15, -0.1) is 11.3 Å². The highest BCUT2D eigenvalue weighted by atomic mass is 35.5. The molecule has 160 valence electrons. The van der Waals surface area contributed by atoms with E-state index in [-0.39, 0.29) is 19.2 Å². The predicted octanol–water partition coefficient (Wildman–Crippen LogP) is 6.67. The minimum Gasteiger partial charge on any atom is -0.488 e. The molecule has 0 fully saturated rings. The van der Waals surface area contributed by atoms with Gasteiger partial charge in [-0.1, -0.05) is 48.0 Å². The number of thiophene rings is 1. The van der Waals surface area contributed by atoms with Gasteiger partial charge in [0.15, 0.2) is 0 Å². The third kappa shape index (κ3) is 4.14. The lowest BCUT2D eigenvalue weighted by molar-refractivity contribution is 0.0451. The van der Waals surface area contributed by atoms with Crippen LogP contribution in [0.3, 0.4) is 0 Å². The van der Waals surface area contributed by atoms with Gasteiger partial charge in [-0.3, -0.25) is 0 Å². The van der Waals surface area contributed by atoms with Crippen molar-refractivity contribution in [3.05, 3.63) is 92.8 Å². The topological polar surface area (TPSA) is 48.4 Å². The van der Waals surface area contributed by atoms with Gasteiger partial charge in [-0.05, 0) is 59.7 Å². The number of para-hydroxylation sites is 2. The van der Waals surface area contributed by atoms with Crippen LogP contribution in [0.15, 0.2) is 66.0 Å². The normalized spacial score (nSPS) is 14.0. The lowest BCUT2D eigenvalue weighted by Gasteiger charge is -2.13. The summed E-state index contributed by atoms with van der Waals surface area (Å²) in [4.78, 5) is 19.3. The van der Waals surface area contributed by atoms with E-state index in [2.05, 4.69) is 17.5 Å². The number of benzene rings is 2. The number of allylic oxidation sites excluding steroid dienone is 1. The zero-order chi connectivity index (χ0) is 21.9. The molecule has 0 saturated heterocycles. The molecule has 0 N–H and O–H groups in total. The third-order valence-corrected chi connectivity index (χ3v) is 6.55. The highest BCUT2D eigenvalue weighted by Crippen LogP contribution is 2.38. The van der Waals surface area contributed by atoms with Crippen LogP contribution in [0.4, 0.5) is 0 Å². The number of hydrogen-bond acceptors (Lipinski definition) is 5. The van der Waals surface area contributed by atoms with Crippen molar-refractivity contribution in [2.24, 2.45) is 0 Å². The summed E-state index contributed by atoms with van der Waals surface area (Å²) < 4.78 is 11.3. The monoisotopic (exact) mass is 461 g/mol. The summed E-state index contributed by atoms with van der Waals surface area (Å²) in [7, 11) is 0. The van der Waals surface area contributed by atoms with Crippen molar-refractivity contribution in [1.82, 2.24) is 4.98 Å².